The second-order valence-corrected chi connectivity index (χ2v) is 5.07. The number of aromatic nitrogens is 4. The van der Waals surface area contributed by atoms with Crippen molar-refractivity contribution in [3.05, 3.63) is 59.9 Å². The Morgan fingerprint density at radius 1 is 1.08 bits per heavy atom. The van der Waals surface area contributed by atoms with E-state index in [0.717, 1.165) is 5.69 Å². The number of hydrogen-bond acceptors (Lipinski definition) is 6. The minimum Gasteiger partial charge on any atom is -0.493 e. The Kier molecular flexibility index (Phi) is 4.89. The van der Waals surface area contributed by atoms with Crippen molar-refractivity contribution < 1.29 is 14.3 Å². The first-order valence-electron chi connectivity index (χ1n) is 7.56. The van der Waals surface area contributed by atoms with E-state index in [1.807, 2.05) is 30.3 Å². The van der Waals surface area contributed by atoms with Crippen molar-refractivity contribution in [2.45, 2.75) is 6.54 Å². The Bertz CT molecular complexity index is 864. The van der Waals surface area contributed by atoms with Crippen LogP contribution in [-0.4, -0.2) is 40.3 Å². The molecule has 0 saturated heterocycles. The zero-order valence-electron chi connectivity index (χ0n) is 13.8. The summed E-state index contributed by atoms with van der Waals surface area (Å²) in [6.07, 6.45) is 0. The molecular formula is C17H17N5O3. The summed E-state index contributed by atoms with van der Waals surface area (Å²) in [5.74, 6) is 1.08. The van der Waals surface area contributed by atoms with Gasteiger partial charge in [-0.15, -0.1) is 5.10 Å². The molecule has 1 amide bonds. The van der Waals surface area contributed by atoms with Crippen molar-refractivity contribution in [2.24, 2.45) is 0 Å². The minimum atomic E-state index is -0.307. The number of tetrazole rings is 1. The molecule has 0 atom stereocenters. The summed E-state index contributed by atoms with van der Waals surface area (Å²) in [4.78, 5) is 12.5. The molecule has 2 aromatic carbocycles. The summed E-state index contributed by atoms with van der Waals surface area (Å²) in [5, 5.41) is 14.4. The minimum absolute atomic E-state index is 0.168. The molecule has 3 rings (SSSR count). The van der Waals surface area contributed by atoms with Gasteiger partial charge in [-0.2, -0.15) is 4.68 Å². The first-order valence-corrected chi connectivity index (χ1v) is 7.56. The molecule has 128 valence electrons. The van der Waals surface area contributed by atoms with Gasteiger partial charge < -0.3 is 14.8 Å². The lowest BCUT2D eigenvalue weighted by atomic mass is 10.1. The molecule has 0 aliphatic rings. The molecular weight excluding hydrogens is 322 g/mol. The van der Waals surface area contributed by atoms with E-state index in [1.54, 1.807) is 22.9 Å². The predicted octanol–water partition coefficient (Wildman–Crippen LogP) is 1.61. The first kappa shape index (κ1) is 16.4. The standard InChI is InChI=1S/C17H17N5O3/c1-24-14-10-6-9-13(16(14)25-2)17(23)18-11-15-19-20-21-22(15)12-7-4-3-5-8-12/h3-10H,11H2,1-2H3,(H,18,23). The monoisotopic (exact) mass is 339 g/mol. The molecule has 8 heteroatoms. The first-order chi connectivity index (χ1) is 12.2. The Balaban J connectivity index is 1.78. The molecule has 25 heavy (non-hydrogen) atoms. The van der Waals surface area contributed by atoms with E-state index in [2.05, 4.69) is 20.8 Å². The highest BCUT2D eigenvalue weighted by Gasteiger charge is 2.17. The third kappa shape index (κ3) is 3.42. The number of rotatable bonds is 6. The van der Waals surface area contributed by atoms with Gasteiger partial charge in [0, 0.05) is 0 Å². The average Bonchev–Trinajstić information content (AvgIpc) is 3.14. The highest BCUT2D eigenvalue weighted by molar-refractivity contribution is 5.97. The lowest BCUT2D eigenvalue weighted by Crippen LogP contribution is -2.25. The molecule has 1 heterocycles. The molecule has 3 aromatic rings. The van der Waals surface area contributed by atoms with E-state index in [-0.39, 0.29) is 12.5 Å². The van der Waals surface area contributed by atoms with Crippen LogP contribution in [0.15, 0.2) is 48.5 Å². The van der Waals surface area contributed by atoms with Crippen molar-refractivity contribution >= 4 is 5.91 Å². The SMILES string of the molecule is COc1cccc(C(=O)NCc2nnnn2-c2ccccc2)c1OC. The van der Waals surface area contributed by atoms with Crippen LogP contribution < -0.4 is 14.8 Å². The number of para-hydroxylation sites is 2. The Morgan fingerprint density at radius 2 is 1.88 bits per heavy atom. The number of hydrogen-bond donors (Lipinski definition) is 1. The maximum Gasteiger partial charge on any atom is 0.255 e. The van der Waals surface area contributed by atoms with E-state index >= 15 is 0 Å². The number of carbonyl (C=O) groups is 1. The largest absolute Gasteiger partial charge is 0.493 e. The van der Waals surface area contributed by atoms with Gasteiger partial charge in [0.05, 0.1) is 32.0 Å². The molecule has 0 unspecified atom stereocenters. The second kappa shape index (κ2) is 7.43. The van der Waals surface area contributed by atoms with Gasteiger partial charge in [-0.3, -0.25) is 4.79 Å². The van der Waals surface area contributed by atoms with Gasteiger partial charge in [0.1, 0.15) is 0 Å². The number of amides is 1. The van der Waals surface area contributed by atoms with Crippen LogP contribution >= 0.6 is 0 Å². The van der Waals surface area contributed by atoms with Crippen molar-refractivity contribution in [3.8, 4) is 17.2 Å². The molecule has 1 aromatic heterocycles. The second-order valence-electron chi connectivity index (χ2n) is 5.07. The molecule has 0 bridgehead atoms. The highest BCUT2D eigenvalue weighted by atomic mass is 16.5. The summed E-state index contributed by atoms with van der Waals surface area (Å²) in [6.45, 7) is 0.168. The molecule has 0 fully saturated rings. The number of methoxy groups -OCH3 is 2. The lowest BCUT2D eigenvalue weighted by molar-refractivity contribution is 0.0946. The normalized spacial score (nSPS) is 10.3. The van der Waals surface area contributed by atoms with Crippen molar-refractivity contribution in [3.63, 3.8) is 0 Å². The van der Waals surface area contributed by atoms with Crippen LogP contribution in [0.25, 0.3) is 5.69 Å². The zero-order chi connectivity index (χ0) is 17.6. The molecule has 8 nitrogen and oxygen atoms in total. The summed E-state index contributed by atoms with van der Waals surface area (Å²) in [6, 6.07) is 14.6. The van der Waals surface area contributed by atoms with Crippen LogP contribution in [0.5, 0.6) is 11.5 Å². The maximum absolute atomic E-state index is 12.5. The van der Waals surface area contributed by atoms with Crippen LogP contribution in [0.3, 0.4) is 0 Å². The lowest BCUT2D eigenvalue weighted by Gasteiger charge is -2.12. The molecule has 0 radical (unpaired) electrons. The third-order valence-corrected chi connectivity index (χ3v) is 3.59. The number of benzene rings is 2. The van der Waals surface area contributed by atoms with Crippen molar-refractivity contribution in [2.75, 3.05) is 14.2 Å². The quantitative estimate of drug-likeness (QED) is 0.734. The van der Waals surface area contributed by atoms with Crippen LogP contribution in [0, 0.1) is 0 Å². The summed E-state index contributed by atoms with van der Waals surface area (Å²) in [7, 11) is 3.01. The van der Waals surface area contributed by atoms with Gasteiger partial charge in [-0.25, -0.2) is 0 Å². The summed E-state index contributed by atoms with van der Waals surface area (Å²) in [5.41, 5.74) is 1.19. The highest BCUT2D eigenvalue weighted by Crippen LogP contribution is 2.30. The molecule has 1 N–H and O–H groups in total. The number of nitrogens with one attached hydrogen (secondary N) is 1. The topological polar surface area (TPSA) is 91.2 Å². The number of nitrogens with zero attached hydrogens (tertiary/aromatic N) is 4. The molecule has 0 spiro atoms. The average molecular weight is 339 g/mol. The van der Waals surface area contributed by atoms with Crippen molar-refractivity contribution in [1.82, 2.24) is 25.5 Å². The Hall–Kier alpha value is -3.42. The number of ether oxygens (including phenoxy) is 2. The molecule has 0 aliphatic heterocycles. The van der Waals surface area contributed by atoms with E-state index in [4.69, 9.17) is 9.47 Å². The van der Waals surface area contributed by atoms with Crippen LogP contribution in [0.2, 0.25) is 0 Å². The molecule has 0 aliphatic carbocycles. The van der Waals surface area contributed by atoms with Gasteiger partial charge in [0.15, 0.2) is 17.3 Å². The van der Waals surface area contributed by atoms with Gasteiger partial charge in [-0.1, -0.05) is 24.3 Å². The van der Waals surface area contributed by atoms with E-state index in [1.165, 1.54) is 14.2 Å². The van der Waals surface area contributed by atoms with Crippen molar-refractivity contribution in [1.29, 1.82) is 0 Å². The third-order valence-electron chi connectivity index (χ3n) is 3.59. The van der Waals surface area contributed by atoms with Crippen LogP contribution in [0.4, 0.5) is 0 Å². The summed E-state index contributed by atoms with van der Waals surface area (Å²) < 4.78 is 12.1. The Morgan fingerprint density at radius 3 is 2.60 bits per heavy atom. The van der Waals surface area contributed by atoms with Gasteiger partial charge in [0.25, 0.3) is 5.91 Å². The Labute approximate surface area is 144 Å². The molecule has 0 saturated carbocycles. The number of carbonyl (C=O) groups excluding carboxylic acids is 1. The smallest absolute Gasteiger partial charge is 0.255 e. The summed E-state index contributed by atoms with van der Waals surface area (Å²) >= 11 is 0. The van der Waals surface area contributed by atoms with Gasteiger partial charge in [0.2, 0.25) is 0 Å². The van der Waals surface area contributed by atoms with Crippen LogP contribution in [-0.2, 0) is 6.54 Å². The fraction of sp³-hybridized carbons (Fsp3) is 0.176. The fourth-order valence-corrected chi connectivity index (χ4v) is 2.41. The van der Waals surface area contributed by atoms with E-state index < -0.39 is 0 Å². The van der Waals surface area contributed by atoms with E-state index in [0.29, 0.717) is 22.9 Å². The fourth-order valence-electron chi connectivity index (χ4n) is 2.41. The van der Waals surface area contributed by atoms with Gasteiger partial charge >= 0.3 is 0 Å². The van der Waals surface area contributed by atoms with Gasteiger partial charge in [-0.05, 0) is 34.7 Å². The van der Waals surface area contributed by atoms with E-state index in [9.17, 15) is 4.79 Å². The predicted molar refractivity (Wildman–Crippen MR) is 89.9 cm³/mol. The van der Waals surface area contributed by atoms with Crippen LogP contribution in [0.1, 0.15) is 16.2 Å². The zero-order valence-corrected chi connectivity index (χ0v) is 13.8. The maximum atomic E-state index is 12.5.